The lowest BCUT2D eigenvalue weighted by atomic mass is 10.3. The van der Waals surface area contributed by atoms with Gasteiger partial charge in [0.15, 0.2) is 3.77 Å². The molecule has 1 unspecified atom stereocenters. The van der Waals surface area contributed by atoms with Gasteiger partial charge in [-0.25, -0.2) is 0 Å². The normalized spacial score (nSPS) is 12.9. The number of halogens is 1. The van der Waals surface area contributed by atoms with Crippen LogP contribution < -0.4 is 5.32 Å². The molecule has 1 rings (SSSR count). The van der Waals surface area contributed by atoms with Gasteiger partial charge in [0.2, 0.25) is 5.91 Å². The third kappa shape index (κ3) is 4.80. The molecule has 0 aliphatic heterocycles. The largest absolute Gasteiger partial charge is 0.451 e. The zero-order valence-electron chi connectivity index (χ0n) is 9.20. The second kappa shape index (κ2) is 6.70. The molecule has 0 aliphatic rings. The molecule has 1 atom stereocenters. The van der Waals surface area contributed by atoms with Crippen molar-refractivity contribution in [2.45, 2.75) is 13.0 Å². The summed E-state index contributed by atoms with van der Waals surface area (Å²) in [6.07, 6.45) is 3.08. The number of hydrogen-bond donors (Lipinski definition) is 1. The summed E-state index contributed by atoms with van der Waals surface area (Å²) in [5, 5.41) is 2.76. The molecule has 5 heteroatoms. The highest BCUT2D eigenvalue weighted by molar-refractivity contribution is 14.1. The summed E-state index contributed by atoms with van der Waals surface area (Å²) >= 11 is 2.07. The van der Waals surface area contributed by atoms with Crippen LogP contribution in [0.5, 0.6) is 0 Å². The van der Waals surface area contributed by atoms with Crippen molar-refractivity contribution in [3.63, 3.8) is 0 Å². The molecule has 16 heavy (non-hydrogen) atoms. The van der Waals surface area contributed by atoms with Gasteiger partial charge in [0.05, 0.1) is 6.61 Å². The highest BCUT2D eigenvalue weighted by Crippen LogP contribution is 2.11. The summed E-state index contributed by atoms with van der Waals surface area (Å²) in [7, 11) is 1.60. The second-order valence-electron chi connectivity index (χ2n) is 3.34. The van der Waals surface area contributed by atoms with Crippen molar-refractivity contribution in [2.24, 2.45) is 0 Å². The fourth-order valence-corrected chi connectivity index (χ4v) is 1.59. The Balaban J connectivity index is 2.42. The standard InChI is InChI=1S/C11H14INO3/c1-8(7-15-2)13-11(14)6-4-9-3-5-10(12)16-9/h3-6,8H,7H2,1-2H3,(H,13,14). The van der Waals surface area contributed by atoms with E-state index in [2.05, 4.69) is 27.9 Å². The van der Waals surface area contributed by atoms with Crippen LogP contribution in [0.25, 0.3) is 6.08 Å². The monoisotopic (exact) mass is 335 g/mol. The van der Waals surface area contributed by atoms with Gasteiger partial charge in [-0.05, 0) is 47.7 Å². The third-order valence-electron chi connectivity index (χ3n) is 1.80. The van der Waals surface area contributed by atoms with Gasteiger partial charge in [0.1, 0.15) is 5.76 Å². The van der Waals surface area contributed by atoms with Gasteiger partial charge in [0, 0.05) is 19.2 Å². The molecule has 1 heterocycles. The first-order valence-corrected chi connectivity index (χ1v) is 5.92. The number of carbonyl (C=O) groups excluding carboxylic acids is 1. The van der Waals surface area contributed by atoms with Gasteiger partial charge in [-0.2, -0.15) is 0 Å². The summed E-state index contributed by atoms with van der Waals surface area (Å²) in [5.74, 6) is 0.509. The highest BCUT2D eigenvalue weighted by atomic mass is 127. The Kier molecular flexibility index (Phi) is 5.54. The van der Waals surface area contributed by atoms with Crippen LogP contribution in [0.4, 0.5) is 0 Å². The Bertz CT molecular complexity index is 373. The number of furan rings is 1. The van der Waals surface area contributed by atoms with E-state index in [-0.39, 0.29) is 11.9 Å². The van der Waals surface area contributed by atoms with Crippen molar-refractivity contribution in [3.05, 3.63) is 27.7 Å². The number of nitrogens with one attached hydrogen (secondary N) is 1. The van der Waals surface area contributed by atoms with Crippen LogP contribution in [0.2, 0.25) is 0 Å². The first kappa shape index (κ1) is 13.2. The van der Waals surface area contributed by atoms with Gasteiger partial charge in [-0.1, -0.05) is 0 Å². The van der Waals surface area contributed by atoms with E-state index in [9.17, 15) is 4.79 Å². The van der Waals surface area contributed by atoms with E-state index in [0.717, 1.165) is 3.77 Å². The fourth-order valence-electron chi connectivity index (χ4n) is 1.16. The predicted molar refractivity (Wildman–Crippen MR) is 69.9 cm³/mol. The van der Waals surface area contributed by atoms with E-state index in [0.29, 0.717) is 12.4 Å². The zero-order chi connectivity index (χ0) is 12.0. The van der Waals surface area contributed by atoms with Crippen LogP contribution in [0, 0.1) is 3.77 Å². The van der Waals surface area contributed by atoms with Crippen molar-refractivity contribution in [2.75, 3.05) is 13.7 Å². The number of amides is 1. The molecular weight excluding hydrogens is 321 g/mol. The Morgan fingerprint density at radius 2 is 2.44 bits per heavy atom. The maximum atomic E-state index is 11.4. The minimum Gasteiger partial charge on any atom is -0.451 e. The zero-order valence-corrected chi connectivity index (χ0v) is 11.4. The molecule has 1 N–H and O–H groups in total. The average Bonchev–Trinajstić information content (AvgIpc) is 2.61. The lowest BCUT2D eigenvalue weighted by Crippen LogP contribution is -2.34. The minimum atomic E-state index is -0.157. The van der Waals surface area contributed by atoms with Gasteiger partial charge in [0.25, 0.3) is 0 Å². The van der Waals surface area contributed by atoms with Crippen LogP contribution in [-0.2, 0) is 9.53 Å². The van der Waals surface area contributed by atoms with E-state index in [1.54, 1.807) is 13.2 Å². The molecule has 0 saturated carbocycles. The summed E-state index contributed by atoms with van der Waals surface area (Å²) < 4.78 is 11.0. The molecule has 0 bridgehead atoms. The van der Waals surface area contributed by atoms with E-state index >= 15 is 0 Å². The van der Waals surface area contributed by atoms with E-state index < -0.39 is 0 Å². The minimum absolute atomic E-state index is 0.00103. The van der Waals surface area contributed by atoms with Crippen molar-refractivity contribution < 1.29 is 13.9 Å². The van der Waals surface area contributed by atoms with Crippen LogP contribution in [0.3, 0.4) is 0 Å². The highest BCUT2D eigenvalue weighted by Gasteiger charge is 2.03. The summed E-state index contributed by atoms with van der Waals surface area (Å²) in [6.45, 7) is 2.38. The molecule has 4 nitrogen and oxygen atoms in total. The second-order valence-corrected chi connectivity index (χ2v) is 4.40. The van der Waals surface area contributed by atoms with E-state index in [1.165, 1.54) is 6.08 Å². The Hall–Kier alpha value is -0.820. The smallest absolute Gasteiger partial charge is 0.244 e. The van der Waals surface area contributed by atoms with Crippen LogP contribution >= 0.6 is 22.6 Å². The molecule has 0 aliphatic carbocycles. The Morgan fingerprint density at radius 1 is 1.69 bits per heavy atom. The lowest BCUT2D eigenvalue weighted by Gasteiger charge is -2.10. The summed E-state index contributed by atoms with van der Waals surface area (Å²) in [4.78, 5) is 11.4. The van der Waals surface area contributed by atoms with E-state index in [1.807, 2.05) is 19.1 Å². The van der Waals surface area contributed by atoms with Crippen LogP contribution in [-0.4, -0.2) is 25.7 Å². The van der Waals surface area contributed by atoms with Crippen LogP contribution in [0.1, 0.15) is 12.7 Å². The first-order valence-electron chi connectivity index (χ1n) is 4.84. The van der Waals surface area contributed by atoms with Crippen molar-refractivity contribution in [3.8, 4) is 0 Å². The maximum Gasteiger partial charge on any atom is 0.244 e. The van der Waals surface area contributed by atoms with Gasteiger partial charge < -0.3 is 14.5 Å². The molecule has 1 aromatic rings. The summed E-state index contributed by atoms with van der Waals surface area (Å²) in [5.41, 5.74) is 0. The van der Waals surface area contributed by atoms with Gasteiger partial charge >= 0.3 is 0 Å². The van der Waals surface area contributed by atoms with Crippen molar-refractivity contribution >= 4 is 34.6 Å². The molecule has 0 saturated heterocycles. The fraction of sp³-hybridized carbons (Fsp3) is 0.364. The summed E-state index contributed by atoms with van der Waals surface area (Å²) in [6, 6.07) is 3.65. The first-order chi connectivity index (χ1) is 7.61. The molecular formula is C11H14INO3. The molecule has 1 amide bonds. The SMILES string of the molecule is COCC(C)NC(=O)C=Cc1ccc(I)o1. The van der Waals surface area contributed by atoms with Gasteiger partial charge in [-0.15, -0.1) is 0 Å². The average molecular weight is 335 g/mol. The molecule has 88 valence electrons. The van der Waals surface area contributed by atoms with Gasteiger partial charge in [-0.3, -0.25) is 4.79 Å². The number of methoxy groups -OCH3 is 1. The van der Waals surface area contributed by atoms with Crippen molar-refractivity contribution in [1.82, 2.24) is 5.32 Å². The van der Waals surface area contributed by atoms with E-state index in [4.69, 9.17) is 9.15 Å². The predicted octanol–water partition coefficient (Wildman–Crippen LogP) is 2.05. The lowest BCUT2D eigenvalue weighted by molar-refractivity contribution is -0.117. The third-order valence-corrected chi connectivity index (χ3v) is 2.38. The number of ether oxygens (including phenoxy) is 1. The number of hydrogen-bond acceptors (Lipinski definition) is 3. The van der Waals surface area contributed by atoms with Crippen LogP contribution in [0.15, 0.2) is 22.6 Å². The molecule has 0 fully saturated rings. The molecule has 0 spiro atoms. The topological polar surface area (TPSA) is 51.5 Å². The van der Waals surface area contributed by atoms with Crippen molar-refractivity contribution in [1.29, 1.82) is 0 Å². The Morgan fingerprint density at radius 3 is 3.00 bits per heavy atom. The molecule has 0 radical (unpaired) electrons. The quantitative estimate of drug-likeness (QED) is 0.662. The molecule has 0 aromatic carbocycles. The maximum absolute atomic E-state index is 11.4. The number of carbonyl (C=O) groups is 1. The number of rotatable bonds is 5. The molecule has 1 aromatic heterocycles. The Labute approximate surface area is 108 Å².